The fourth-order valence-corrected chi connectivity index (χ4v) is 4.78. The molecule has 1 spiro atoms. The Morgan fingerprint density at radius 3 is 2.68 bits per heavy atom. The SMILES string of the molecule is CCCCc1ccc(C(=O)N[C@H](C)C(=O)N2CCC3(CC2)NCCc2[nH]cnc23)cc1. The number of aromatic nitrogens is 2. The van der Waals surface area contributed by atoms with Gasteiger partial charge >= 0.3 is 0 Å². The van der Waals surface area contributed by atoms with Crippen molar-refractivity contribution in [2.45, 2.75) is 64.0 Å². The number of H-pyrrole nitrogens is 1. The molecule has 0 radical (unpaired) electrons. The number of nitrogens with zero attached hydrogens (tertiary/aromatic N) is 2. The van der Waals surface area contributed by atoms with Crippen LogP contribution in [0.3, 0.4) is 0 Å². The van der Waals surface area contributed by atoms with E-state index in [1.165, 1.54) is 11.3 Å². The molecule has 2 amide bonds. The molecule has 1 atom stereocenters. The number of benzene rings is 1. The molecule has 1 fully saturated rings. The first-order chi connectivity index (χ1) is 15.0. The van der Waals surface area contributed by atoms with Crippen molar-refractivity contribution < 1.29 is 9.59 Å². The summed E-state index contributed by atoms with van der Waals surface area (Å²) < 4.78 is 0. The first kappa shape index (κ1) is 21.6. The molecule has 4 rings (SSSR count). The first-order valence-corrected chi connectivity index (χ1v) is 11.5. The average molecular weight is 424 g/mol. The molecule has 3 heterocycles. The van der Waals surface area contributed by atoms with Crippen molar-refractivity contribution in [3.63, 3.8) is 0 Å². The lowest BCUT2D eigenvalue weighted by atomic mass is 9.80. The maximum absolute atomic E-state index is 13.0. The lowest BCUT2D eigenvalue weighted by Crippen LogP contribution is -2.57. The molecule has 2 aliphatic rings. The zero-order valence-corrected chi connectivity index (χ0v) is 18.5. The van der Waals surface area contributed by atoms with Gasteiger partial charge in [-0.25, -0.2) is 4.98 Å². The van der Waals surface area contributed by atoms with E-state index in [0.29, 0.717) is 18.7 Å². The number of piperidine rings is 1. The Labute approximate surface area is 184 Å². The van der Waals surface area contributed by atoms with Crippen molar-refractivity contribution in [3.05, 3.63) is 53.1 Å². The van der Waals surface area contributed by atoms with Crippen LogP contribution < -0.4 is 10.6 Å². The number of unbranched alkanes of at least 4 members (excludes halogenated alkanes) is 1. The molecule has 0 aliphatic carbocycles. The van der Waals surface area contributed by atoms with Crippen molar-refractivity contribution in [1.82, 2.24) is 25.5 Å². The van der Waals surface area contributed by atoms with Crippen LogP contribution in [0.2, 0.25) is 0 Å². The van der Waals surface area contributed by atoms with Crippen LogP contribution in [0.25, 0.3) is 0 Å². The predicted octanol–water partition coefficient (Wildman–Crippen LogP) is 2.53. The third-order valence-electron chi connectivity index (χ3n) is 6.69. The molecule has 2 aliphatic heterocycles. The van der Waals surface area contributed by atoms with E-state index in [-0.39, 0.29) is 17.4 Å². The summed E-state index contributed by atoms with van der Waals surface area (Å²) in [4.78, 5) is 35.3. The van der Waals surface area contributed by atoms with E-state index in [4.69, 9.17) is 0 Å². The molecule has 1 aromatic carbocycles. The number of fused-ring (bicyclic) bond motifs is 2. The van der Waals surface area contributed by atoms with Gasteiger partial charge < -0.3 is 20.5 Å². The van der Waals surface area contributed by atoms with Gasteiger partial charge in [-0.2, -0.15) is 0 Å². The lowest BCUT2D eigenvalue weighted by molar-refractivity contribution is -0.134. The number of carbonyl (C=O) groups excluding carboxylic acids is 2. The number of hydrogen-bond acceptors (Lipinski definition) is 4. The van der Waals surface area contributed by atoms with Gasteiger partial charge in [-0.05, 0) is 50.3 Å². The van der Waals surface area contributed by atoms with E-state index in [1.54, 1.807) is 13.3 Å². The Kier molecular flexibility index (Phi) is 6.41. The molecule has 31 heavy (non-hydrogen) atoms. The van der Waals surface area contributed by atoms with Crippen LogP contribution in [0.1, 0.15) is 66.8 Å². The molecule has 2 aromatic rings. The molecule has 3 N–H and O–H groups in total. The number of imidazole rings is 1. The number of aromatic amines is 1. The molecule has 166 valence electrons. The summed E-state index contributed by atoms with van der Waals surface area (Å²) in [6.07, 6.45) is 7.71. The standard InChI is InChI=1S/C24H33N5O2/c1-3-4-5-18-6-8-19(9-7-18)22(30)28-17(2)23(31)29-14-11-24(12-15-29)21-20(10-13-27-24)25-16-26-21/h6-9,16-17,27H,3-5,10-15H2,1-2H3,(H,25,26)(H,28,30)/t17-/m1/s1. The Morgan fingerprint density at radius 2 is 1.97 bits per heavy atom. The second-order valence-corrected chi connectivity index (χ2v) is 8.81. The van der Waals surface area contributed by atoms with Crippen LogP contribution in [0.5, 0.6) is 0 Å². The number of amides is 2. The van der Waals surface area contributed by atoms with E-state index in [2.05, 4.69) is 27.5 Å². The Bertz CT molecular complexity index is 912. The number of aryl methyl sites for hydroxylation is 1. The van der Waals surface area contributed by atoms with E-state index in [0.717, 1.165) is 50.8 Å². The van der Waals surface area contributed by atoms with Gasteiger partial charge in [0.25, 0.3) is 5.91 Å². The van der Waals surface area contributed by atoms with Crippen molar-refractivity contribution in [1.29, 1.82) is 0 Å². The van der Waals surface area contributed by atoms with Gasteiger partial charge in [0, 0.05) is 37.3 Å². The molecule has 7 nitrogen and oxygen atoms in total. The minimum absolute atomic E-state index is 0.0270. The summed E-state index contributed by atoms with van der Waals surface area (Å²) in [6.45, 7) is 6.18. The highest BCUT2D eigenvalue weighted by Crippen LogP contribution is 2.35. The first-order valence-electron chi connectivity index (χ1n) is 11.5. The molecule has 0 bridgehead atoms. The molecule has 0 unspecified atom stereocenters. The maximum atomic E-state index is 13.0. The summed E-state index contributed by atoms with van der Waals surface area (Å²) >= 11 is 0. The van der Waals surface area contributed by atoms with E-state index in [9.17, 15) is 9.59 Å². The Hall–Kier alpha value is -2.67. The van der Waals surface area contributed by atoms with Crippen LogP contribution >= 0.6 is 0 Å². The van der Waals surface area contributed by atoms with E-state index < -0.39 is 6.04 Å². The molecule has 1 saturated heterocycles. The summed E-state index contributed by atoms with van der Waals surface area (Å²) in [7, 11) is 0. The fraction of sp³-hybridized carbons (Fsp3) is 0.542. The number of rotatable bonds is 6. The van der Waals surface area contributed by atoms with Crippen molar-refractivity contribution in [2.75, 3.05) is 19.6 Å². The van der Waals surface area contributed by atoms with E-state index >= 15 is 0 Å². The quantitative estimate of drug-likeness (QED) is 0.666. The second kappa shape index (κ2) is 9.22. The molecule has 0 saturated carbocycles. The molecule has 1 aromatic heterocycles. The molecular formula is C24H33N5O2. The van der Waals surface area contributed by atoms with E-state index in [1.807, 2.05) is 29.2 Å². The smallest absolute Gasteiger partial charge is 0.251 e. The van der Waals surface area contributed by atoms with Crippen molar-refractivity contribution in [2.24, 2.45) is 0 Å². The summed E-state index contributed by atoms with van der Waals surface area (Å²) in [6, 6.07) is 7.14. The van der Waals surface area contributed by atoms with Gasteiger partial charge in [0.1, 0.15) is 6.04 Å². The lowest BCUT2D eigenvalue weighted by Gasteiger charge is -2.44. The second-order valence-electron chi connectivity index (χ2n) is 8.81. The minimum atomic E-state index is -0.554. The van der Waals surface area contributed by atoms with Gasteiger partial charge in [-0.1, -0.05) is 25.5 Å². The zero-order valence-electron chi connectivity index (χ0n) is 18.5. The van der Waals surface area contributed by atoms with Crippen LogP contribution in [0, 0.1) is 0 Å². The summed E-state index contributed by atoms with van der Waals surface area (Å²) in [5.41, 5.74) is 4.00. The van der Waals surface area contributed by atoms with Crippen molar-refractivity contribution in [3.8, 4) is 0 Å². The molecule has 7 heteroatoms. The number of nitrogens with one attached hydrogen (secondary N) is 3. The van der Waals surface area contributed by atoms with Gasteiger partial charge in [-0.15, -0.1) is 0 Å². The van der Waals surface area contributed by atoms with Gasteiger partial charge in [0.05, 0.1) is 17.6 Å². The average Bonchev–Trinajstić information content (AvgIpc) is 3.29. The largest absolute Gasteiger partial charge is 0.348 e. The van der Waals surface area contributed by atoms with Crippen LogP contribution in [0.15, 0.2) is 30.6 Å². The highest BCUT2D eigenvalue weighted by atomic mass is 16.2. The summed E-state index contributed by atoms with van der Waals surface area (Å²) in [5.74, 6) is -0.229. The van der Waals surface area contributed by atoms with Gasteiger partial charge in [0.15, 0.2) is 0 Å². The highest BCUT2D eigenvalue weighted by molar-refractivity contribution is 5.97. The monoisotopic (exact) mass is 423 g/mol. The Morgan fingerprint density at radius 1 is 1.23 bits per heavy atom. The topological polar surface area (TPSA) is 90.1 Å². The van der Waals surface area contributed by atoms with Crippen molar-refractivity contribution >= 4 is 11.8 Å². The zero-order chi connectivity index (χ0) is 21.8. The highest BCUT2D eigenvalue weighted by Gasteiger charge is 2.42. The third kappa shape index (κ3) is 4.51. The number of carbonyl (C=O) groups is 2. The van der Waals surface area contributed by atoms with Crippen LogP contribution in [-0.4, -0.2) is 52.4 Å². The Balaban J connectivity index is 1.32. The normalized spacial score (nSPS) is 18.5. The minimum Gasteiger partial charge on any atom is -0.348 e. The number of hydrogen-bond donors (Lipinski definition) is 3. The summed E-state index contributed by atoms with van der Waals surface area (Å²) in [5, 5.41) is 6.52. The predicted molar refractivity (Wildman–Crippen MR) is 120 cm³/mol. The van der Waals surface area contributed by atoms with Crippen LogP contribution in [-0.2, 0) is 23.2 Å². The molecular weight excluding hydrogens is 390 g/mol. The maximum Gasteiger partial charge on any atom is 0.251 e. The number of likely N-dealkylation sites (tertiary alicyclic amines) is 1. The van der Waals surface area contributed by atoms with Gasteiger partial charge in [0.2, 0.25) is 5.91 Å². The third-order valence-corrected chi connectivity index (χ3v) is 6.69. The van der Waals surface area contributed by atoms with Crippen LogP contribution in [0.4, 0.5) is 0 Å². The fourth-order valence-electron chi connectivity index (χ4n) is 4.78. The van der Waals surface area contributed by atoms with Gasteiger partial charge in [-0.3, -0.25) is 9.59 Å².